The second-order valence-electron chi connectivity index (χ2n) is 8.06. The zero-order chi connectivity index (χ0) is 23.0. The molecular weight excluding hydrogens is 410 g/mol. The standard InChI is InChI=1S/C21H27N9O2/c1-21(2,32-5)12-29-9-8-13-10-24-20(23)30(17(13)18(29)22)16-7-6-14(26-19(16)31-4)15-11-25-28(3)27-15/h6-11,22-23,25,27H,12H2,1-5H3. The van der Waals surface area contributed by atoms with Crippen molar-refractivity contribution in [1.82, 2.24) is 35.1 Å². The number of rotatable bonds is 6. The van der Waals surface area contributed by atoms with Gasteiger partial charge in [-0.1, -0.05) is 0 Å². The molecule has 4 N–H and O–H groups in total. The first kappa shape index (κ1) is 21.5. The maximum Gasteiger partial charge on any atom is 0.238 e. The molecule has 0 fully saturated rings. The summed E-state index contributed by atoms with van der Waals surface area (Å²) in [4.78, 5) is 8.84. The Hall–Kier alpha value is -3.70. The number of hydrazine groups is 2. The summed E-state index contributed by atoms with van der Waals surface area (Å²) in [5, 5.41) is 19.8. The molecule has 0 saturated carbocycles. The molecule has 1 aliphatic heterocycles. The number of fused-ring (bicyclic) bond motifs is 1. The molecule has 0 saturated heterocycles. The molecule has 0 radical (unpaired) electrons. The molecule has 0 unspecified atom stereocenters. The Labute approximate surface area is 184 Å². The fourth-order valence-electron chi connectivity index (χ4n) is 3.51. The monoisotopic (exact) mass is 437 g/mol. The van der Waals surface area contributed by atoms with Crippen molar-refractivity contribution in [3.63, 3.8) is 0 Å². The third-order valence-electron chi connectivity index (χ3n) is 5.33. The van der Waals surface area contributed by atoms with E-state index in [9.17, 15) is 0 Å². The molecule has 11 heteroatoms. The van der Waals surface area contributed by atoms with Crippen LogP contribution in [0.15, 0.2) is 36.8 Å². The van der Waals surface area contributed by atoms with Crippen molar-refractivity contribution in [3.8, 4) is 11.6 Å². The minimum absolute atomic E-state index is 0.0257. The third-order valence-corrected chi connectivity index (χ3v) is 5.33. The molecule has 0 bridgehead atoms. The van der Waals surface area contributed by atoms with Crippen LogP contribution in [0.25, 0.3) is 22.3 Å². The van der Waals surface area contributed by atoms with Gasteiger partial charge < -0.3 is 19.5 Å². The number of hydrogen-bond acceptors (Lipinski definition) is 9. The van der Waals surface area contributed by atoms with Crippen LogP contribution >= 0.6 is 0 Å². The quantitative estimate of drug-likeness (QED) is 0.450. The molecule has 3 aromatic heterocycles. The van der Waals surface area contributed by atoms with Crippen LogP contribution < -0.4 is 26.7 Å². The predicted molar refractivity (Wildman–Crippen MR) is 118 cm³/mol. The Kier molecular flexibility index (Phi) is 5.45. The van der Waals surface area contributed by atoms with E-state index in [0.29, 0.717) is 29.3 Å². The molecular formula is C21H27N9O2. The number of nitrogens with zero attached hydrogens (tertiary/aromatic N) is 5. The molecule has 4 heterocycles. The van der Waals surface area contributed by atoms with Crippen molar-refractivity contribution < 1.29 is 9.47 Å². The SMILES string of the molecule is COc1nc(C2=CNN(C)N2)ccc1-n1c(=N)ncc2ccn(CC(C)(C)OC)c(=N)c21. The van der Waals surface area contributed by atoms with Crippen LogP contribution in [0, 0.1) is 10.8 Å². The highest BCUT2D eigenvalue weighted by atomic mass is 16.5. The smallest absolute Gasteiger partial charge is 0.238 e. The van der Waals surface area contributed by atoms with Crippen LogP contribution in [0.1, 0.15) is 19.5 Å². The fraction of sp³-hybridized carbons (Fsp3) is 0.333. The topological polar surface area (TPSA) is 129 Å². The highest BCUT2D eigenvalue weighted by Gasteiger charge is 2.20. The van der Waals surface area contributed by atoms with Crippen molar-refractivity contribution in [1.29, 1.82) is 10.8 Å². The lowest BCUT2D eigenvalue weighted by atomic mass is 10.1. The highest BCUT2D eigenvalue weighted by Crippen LogP contribution is 2.24. The summed E-state index contributed by atoms with van der Waals surface area (Å²) < 4.78 is 14.5. The van der Waals surface area contributed by atoms with Gasteiger partial charge in [0.25, 0.3) is 0 Å². The van der Waals surface area contributed by atoms with Crippen molar-refractivity contribution in [2.45, 2.75) is 26.0 Å². The Morgan fingerprint density at radius 3 is 2.59 bits per heavy atom. The van der Waals surface area contributed by atoms with Crippen LogP contribution in [0.3, 0.4) is 0 Å². The maximum absolute atomic E-state index is 8.89. The van der Waals surface area contributed by atoms with Gasteiger partial charge in [0.1, 0.15) is 16.7 Å². The second-order valence-corrected chi connectivity index (χ2v) is 8.06. The molecule has 0 aliphatic carbocycles. The average Bonchev–Trinajstić information content (AvgIpc) is 3.22. The van der Waals surface area contributed by atoms with Gasteiger partial charge in [0.2, 0.25) is 11.5 Å². The average molecular weight is 438 g/mol. The Morgan fingerprint density at radius 2 is 1.94 bits per heavy atom. The van der Waals surface area contributed by atoms with Crippen LogP contribution in [0.5, 0.6) is 5.88 Å². The van der Waals surface area contributed by atoms with Gasteiger partial charge in [-0.05, 0) is 32.0 Å². The highest BCUT2D eigenvalue weighted by molar-refractivity contribution is 5.78. The van der Waals surface area contributed by atoms with Crippen LogP contribution in [0.2, 0.25) is 0 Å². The van der Waals surface area contributed by atoms with Crippen molar-refractivity contribution in [2.24, 2.45) is 0 Å². The predicted octanol–water partition coefficient (Wildman–Crippen LogP) is 0.868. The van der Waals surface area contributed by atoms with Crippen molar-refractivity contribution in [2.75, 3.05) is 21.3 Å². The van der Waals surface area contributed by atoms with E-state index in [2.05, 4.69) is 20.8 Å². The van der Waals surface area contributed by atoms with E-state index in [0.717, 1.165) is 11.1 Å². The lowest BCUT2D eigenvalue weighted by molar-refractivity contribution is 0.00721. The van der Waals surface area contributed by atoms with Gasteiger partial charge in [-0.15, -0.1) is 5.12 Å². The number of nitrogens with one attached hydrogen (secondary N) is 4. The minimum Gasteiger partial charge on any atom is -0.479 e. The minimum atomic E-state index is -0.458. The second kappa shape index (κ2) is 8.09. The van der Waals surface area contributed by atoms with E-state index < -0.39 is 5.60 Å². The summed E-state index contributed by atoms with van der Waals surface area (Å²) in [5.74, 6) is 0.319. The summed E-state index contributed by atoms with van der Waals surface area (Å²) in [7, 11) is 5.02. The molecule has 0 aromatic carbocycles. The summed E-state index contributed by atoms with van der Waals surface area (Å²) in [6.07, 6.45) is 5.23. The van der Waals surface area contributed by atoms with E-state index in [-0.39, 0.29) is 11.1 Å². The molecule has 0 amide bonds. The van der Waals surface area contributed by atoms with Crippen LogP contribution in [-0.2, 0) is 11.3 Å². The number of pyridine rings is 2. The Morgan fingerprint density at radius 1 is 1.16 bits per heavy atom. The molecule has 32 heavy (non-hydrogen) atoms. The summed E-state index contributed by atoms with van der Waals surface area (Å²) in [5.41, 5.74) is 8.41. The zero-order valence-corrected chi connectivity index (χ0v) is 18.7. The lowest BCUT2D eigenvalue weighted by Crippen LogP contribution is -2.36. The molecule has 1 aliphatic rings. The molecule has 3 aromatic rings. The maximum atomic E-state index is 8.89. The largest absolute Gasteiger partial charge is 0.479 e. The normalized spacial score (nSPS) is 14.2. The van der Waals surface area contributed by atoms with E-state index in [1.165, 1.54) is 7.11 Å². The Balaban J connectivity index is 1.91. The lowest BCUT2D eigenvalue weighted by Gasteiger charge is -2.25. The van der Waals surface area contributed by atoms with Crippen molar-refractivity contribution >= 4 is 16.6 Å². The van der Waals surface area contributed by atoms with Gasteiger partial charge in [0, 0.05) is 38.1 Å². The van der Waals surface area contributed by atoms with E-state index >= 15 is 0 Å². The van der Waals surface area contributed by atoms with Crippen LogP contribution in [-0.4, -0.2) is 51.1 Å². The summed E-state index contributed by atoms with van der Waals surface area (Å²) >= 11 is 0. The molecule has 4 rings (SSSR count). The van der Waals surface area contributed by atoms with E-state index in [1.807, 2.05) is 45.3 Å². The number of hydrogen-bond donors (Lipinski definition) is 4. The first-order chi connectivity index (χ1) is 15.2. The summed E-state index contributed by atoms with van der Waals surface area (Å²) in [6, 6.07) is 5.53. The zero-order valence-electron chi connectivity index (χ0n) is 18.7. The molecule has 0 spiro atoms. The first-order valence-corrected chi connectivity index (χ1v) is 10.0. The molecule has 11 nitrogen and oxygen atoms in total. The number of aromatic nitrogens is 4. The fourth-order valence-corrected chi connectivity index (χ4v) is 3.51. The molecule has 0 atom stereocenters. The Bertz CT molecular complexity index is 1320. The van der Waals surface area contributed by atoms with Gasteiger partial charge in [0.15, 0.2) is 0 Å². The van der Waals surface area contributed by atoms with Gasteiger partial charge in [-0.3, -0.25) is 20.8 Å². The number of methoxy groups -OCH3 is 2. The number of ether oxygens (including phenoxy) is 2. The van der Waals surface area contributed by atoms with E-state index in [4.69, 9.17) is 20.3 Å². The first-order valence-electron chi connectivity index (χ1n) is 10.0. The van der Waals surface area contributed by atoms with Gasteiger partial charge in [0.05, 0.1) is 30.6 Å². The van der Waals surface area contributed by atoms with E-state index in [1.54, 1.807) is 33.8 Å². The van der Waals surface area contributed by atoms with Crippen molar-refractivity contribution in [3.05, 3.63) is 53.6 Å². The van der Waals surface area contributed by atoms with Gasteiger partial charge in [-0.2, -0.15) is 0 Å². The van der Waals surface area contributed by atoms with Crippen LogP contribution in [0.4, 0.5) is 0 Å². The summed E-state index contributed by atoms with van der Waals surface area (Å²) in [6.45, 7) is 4.40. The molecule has 168 valence electrons. The van der Waals surface area contributed by atoms with Gasteiger partial charge in [-0.25, -0.2) is 9.97 Å². The third kappa shape index (κ3) is 3.83. The van der Waals surface area contributed by atoms with Gasteiger partial charge >= 0.3 is 0 Å².